The molecule has 7 heteroatoms. The summed E-state index contributed by atoms with van der Waals surface area (Å²) in [4.78, 5) is 37.6. The van der Waals surface area contributed by atoms with Gasteiger partial charge in [0.25, 0.3) is 11.8 Å². The van der Waals surface area contributed by atoms with Crippen LogP contribution in [0.1, 0.15) is 60.7 Å². The summed E-state index contributed by atoms with van der Waals surface area (Å²) in [6, 6.07) is 4.14. The number of likely N-dealkylation sites (tertiary alicyclic amines) is 1. The fourth-order valence-electron chi connectivity index (χ4n) is 3.67. The minimum atomic E-state index is -0.518. The number of carbonyl (C=O) groups excluding carboxylic acids is 3. The Hall–Kier alpha value is -2.88. The van der Waals surface area contributed by atoms with E-state index in [9.17, 15) is 19.6 Å². The lowest BCUT2D eigenvalue weighted by atomic mass is 9.87. The molecular formula is C19H22N4O3. The number of anilines is 1. The molecule has 3 amide bonds. The molecule has 0 aliphatic carbocycles. The lowest BCUT2D eigenvalue weighted by Crippen LogP contribution is -2.41. The fraction of sp³-hybridized carbons (Fsp3) is 0.474. The molecule has 1 aromatic carbocycles. The first-order chi connectivity index (χ1) is 12.2. The maximum absolute atomic E-state index is 12.7. The number of imide groups is 1. The second-order valence-electron chi connectivity index (χ2n) is 8.05. The van der Waals surface area contributed by atoms with Gasteiger partial charge in [-0.1, -0.05) is 20.8 Å². The van der Waals surface area contributed by atoms with Crippen molar-refractivity contribution in [3.05, 3.63) is 29.3 Å². The molecule has 1 saturated heterocycles. The van der Waals surface area contributed by atoms with Gasteiger partial charge in [-0.25, -0.2) is 0 Å². The number of fused-ring (bicyclic) bond motifs is 1. The second-order valence-corrected chi connectivity index (χ2v) is 8.05. The highest BCUT2D eigenvalue weighted by Gasteiger charge is 2.39. The van der Waals surface area contributed by atoms with Crippen LogP contribution in [-0.2, 0) is 4.79 Å². The number of amides is 3. The van der Waals surface area contributed by atoms with E-state index < -0.39 is 17.9 Å². The third kappa shape index (κ3) is 3.40. The number of benzene rings is 1. The highest BCUT2D eigenvalue weighted by Crippen LogP contribution is 2.33. The molecule has 1 fully saturated rings. The summed E-state index contributed by atoms with van der Waals surface area (Å²) < 4.78 is 0. The van der Waals surface area contributed by atoms with Gasteiger partial charge in [-0.2, -0.15) is 5.26 Å². The molecule has 2 aliphatic rings. The predicted octanol–water partition coefficient (Wildman–Crippen LogP) is 2.26. The van der Waals surface area contributed by atoms with E-state index >= 15 is 0 Å². The monoisotopic (exact) mass is 354 g/mol. The largest absolute Gasteiger partial charge is 0.324 e. The highest BCUT2D eigenvalue weighted by molar-refractivity contribution is 6.22. The molecule has 26 heavy (non-hydrogen) atoms. The van der Waals surface area contributed by atoms with Crippen molar-refractivity contribution >= 4 is 23.4 Å². The molecule has 2 atom stereocenters. The maximum atomic E-state index is 12.7. The maximum Gasteiger partial charge on any atom is 0.259 e. The third-order valence-electron chi connectivity index (χ3n) is 4.77. The van der Waals surface area contributed by atoms with E-state index in [0.717, 1.165) is 12.8 Å². The smallest absolute Gasteiger partial charge is 0.259 e. The van der Waals surface area contributed by atoms with Crippen molar-refractivity contribution in [2.75, 3.05) is 5.32 Å². The van der Waals surface area contributed by atoms with E-state index in [2.05, 4.69) is 37.6 Å². The number of nitriles is 1. The van der Waals surface area contributed by atoms with Gasteiger partial charge in [-0.3, -0.25) is 24.6 Å². The van der Waals surface area contributed by atoms with Gasteiger partial charge in [-0.05, 0) is 42.9 Å². The van der Waals surface area contributed by atoms with E-state index in [1.54, 1.807) is 11.0 Å². The molecule has 0 radical (unpaired) electrons. The van der Waals surface area contributed by atoms with Crippen molar-refractivity contribution in [2.24, 2.45) is 5.41 Å². The van der Waals surface area contributed by atoms with Crippen LogP contribution in [0.25, 0.3) is 0 Å². The van der Waals surface area contributed by atoms with Crippen LogP contribution < -0.4 is 10.6 Å². The van der Waals surface area contributed by atoms with Crippen LogP contribution in [0.3, 0.4) is 0 Å². The number of hydrogen-bond donors (Lipinski definition) is 2. The molecule has 7 nitrogen and oxygen atoms in total. The first-order valence-corrected chi connectivity index (χ1v) is 8.68. The molecule has 0 spiro atoms. The summed E-state index contributed by atoms with van der Waals surface area (Å²) in [5.74, 6) is -1.17. The van der Waals surface area contributed by atoms with Crippen molar-refractivity contribution in [1.29, 1.82) is 5.26 Å². The van der Waals surface area contributed by atoms with Crippen molar-refractivity contribution in [1.82, 2.24) is 10.2 Å². The normalized spacial score (nSPS) is 22.0. The summed E-state index contributed by atoms with van der Waals surface area (Å²) in [6.45, 7) is 6.35. The zero-order valence-electron chi connectivity index (χ0n) is 15.1. The number of nitrogens with zero attached hydrogens (tertiary/aromatic N) is 2. The lowest BCUT2D eigenvalue weighted by molar-refractivity contribution is -0.119. The van der Waals surface area contributed by atoms with Gasteiger partial charge in [0.05, 0.1) is 11.1 Å². The molecule has 0 saturated carbocycles. The Morgan fingerprint density at radius 2 is 1.96 bits per heavy atom. The van der Waals surface area contributed by atoms with Gasteiger partial charge in [0, 0.05) is 11.7 Å². The number of hydrogen-bond acceptors (Lipinski definition) is 5. The number of rotatable bonds is 3. The predicted molar refractivity (Wildman–Crippen MR) is 95.2 cm³/mol. The van der Waals surface area contributed by atoms with Crippen molar-refractivity contribution in [3.63, 3.8) is 0 Å². The van der Waals surface area contributed by atoms with E-state index in [1.807, 2.05) is 0 Å². The SMILES string of the molecule is CC(C)(C)CC1CCC(C(=O)Nc2ccc3c(c2)C(=O)NC3=O)N1C#N. The van der Waals surface area contributed by atoms with Crippen LogP contribution in [0.15, 0.2) is 18.2 Å². The molecule has 0 aromatic heterocycles. The van der Waals surface area contributed by atoms with Crippen molar-refractivity contribution in [3.8, 4) is 6.19 Å². The van der Waals surface area contributed by atoms with Gasteiger partial charge in [0.1, 0.15) is 6.04 Å². The Labute approximate surface area is 152 Å². The van der Waals surface area contributed by atoms with E-state index in [1.165, 1.54) is 12.1 Å². The minimum absolute atomic E-state index is 0.0548. The van der Waals surface area contributed by atoms with Crippen LogP contribution in [0, 0.1) is 16.9 Å². The number of carbonyl (C=O) groups is 3. The van der Waals surface area contributed by atoms with E-state index in [0.29, 0.717) is 17.7 Å². The summed E-state index contributed by atoms with van der Waals surface area (Å²) in [5.41, 5.74) is 1.07. The average Bonchev–Trinajstić information content (AvgIpc) is 3.07. The summed E-state index contributed by atoms with van der Waals surface area (Å²) in [5, 5.41) is 14.5. The van der Waals surface area contributed by atoms with Crippen LogP contribution in [0.4, 0.5) is 5.69 Å². The van der Waals surface area contributed by atoms with Gasteiger partial charge in [0.15, 0.2) is 6.19 Å². The summed E-state index contributed by atoms with van der Waals surface area (Å²) >= 11 is 0. The molecule has 2 aliphatic heterocycles. The minimum Gasteiger partial charge on any atom is -0.324 e. The molecule has 1 aromatic rings. The second kappa shape index (κ2) is 6.45. The molecule has 136 valence electrons. The standard InChI is InChI=1S/C19H22N4O3/c1-19(2,3)9-12-5-7-15(23(12)10-20)18(26)21-11-4-6-13-14(8-11)17(25)22-16(13)24/h4,6,8,12,15H,5,7,9H2,1-3H3,(H,21,26)(H,22,24,25). The molecule has 2 N–H and O–H groups in total. The average molecular weight is 354 g/mol. The molecule has 2 unspecified atom stereocenters. The van der Waals surface area contributed by atoms with Gasteiger partial charge < -0.3 is 5.32 Å². The van der Waals surface area contributed by atoms with Crippen molar-refractivity contribution in [2.45, 2.75) is 52.1 Å². The van der Waals surface area contributed by atoms with E-state index in [4.69, 9.17) is 0 Å². The van der Waals surface area contributed by atoms with Crippen LogP contribution in [-0.4, -0.2) is 34.7 Å². The molecule has 2 heterocycles. The van der Waals surface area contributed by atoms with Gasteiger partial charge in [-0.15, -0.1) is 0 Å². The Morgan fingerprint density at radius 1 is 1.27 bits per heavy atom. The topological polar surface area (TPSA) is 102 Å². The molecular weight excluding hydrogens is 332 g/mol. The third-order valence-corrected chi connectivity index (χ3v) is 4.77. The fourth-order valence-corrected chi connectivity index (χ4v) is 3.67. The molecule has 3 rings (SSSR count). The molecule has 0 bridgehead atoms. The zero-order valence-corrected chi connectivity index (χ0v) is 15.1. The Bertz CT molecular complexity index is 819. The van der Waals surface area contributed by atoms with Crippen LogP contribution in [0.2, 0.25) is 0 Å². The Balaban J connectivity index is 1.73. The Kier molecular flexibility index (Phi) is 4.45. The van der Waals surface area contributed by atoms with Crippen LogP contribution in [0.5, 0.6) is 0 Å². The first kappa shape index (κ1) is 17.9. The van der Waals surface area contributed by atoms with Crippen LogP contribution >= 0.6 is 0 Å². The van der Waals surface area contributed by atoms with Gasteiger partial charge >= 0.3 is 0 Å². The zero-order chi connectivity index (χ0) is 19.1. The quantitative estimate of drug-likeness (QED) is 0.640. The van der Waals surface area contributed by atoms with Crippen molar-refractivity contribution < 1.29 is 14.4 Å². The lowest BCUT2D eigenvalue weighted by Gasteiger charge is -2.29. The highest BCUT2D eigenvalue weighted by atomic mass is 16.2. The summed E-state index contributed by atoms with van der Waals surface area (Å²) in [7, 11) is 0. The van der Waals surface area contributed by atoms with Gasteiger partial charge in [0.2, 0.25) is 5.91 Å². The van der Waals surface area contributed by atoms with E-state index in [-0.39, 0.29) is 22.9 Å². The summed E-state index contributed by atoms with van der Waals surface area (Å²) in [6.07, 6.45) is 4.42. The number of nitrogens with one attached hydrogen (secondary N) is 2. The Morgan fingerprint density at radius 3 is 2.62 bits per heavy atom. The first-order valence-electron chi connectivity index (χ1n) is 8.68.